The predicted octanol–water partition coefficient (Wildman–Crippen LogP) is 1.00. The molecule has 2 saturated heterocycles. The van der Waals surface area contributed by atoms with Crippen LogP contribution in [0.3, 0.4) is 0 Å². The molecule has 5 rings (SSSR count). The predicted molar refractivity (Wildman–Crippen MR) is 152 cm³/mol. The zero-order valence-corrected chi connectivity index (χ0v) is 24.2. The molecule has 2 fully saturated rings. The Bertz CT molecular complexity index is 1470. The van der Waals surface area contributed by atoms with Crippen LogP contribution in [0.25, 0.3) is 0 Å². The molecule has 1 aromatic carbocycles. The summed E-state index contributed by atoms with van der Waals surface area (Å²) in [7, 11) is 0. The quantitative estimate of drug-likeness (QED) is 0.141. The molecule has 1 aromatic heterocycles. The van der Waals surface area contributed by atoms with Gasteiger partial charge in [-0.1, -0.05) is 6.92 Å². The normalized spacial score (nSPS) is 22.3. The van der Waals surface area contributed by atoms with Gasteiger partial charge in [-0.2, -0.15) is 0 Å². The molecule has 4 atom stereocenters. The maximum absolute atomic E-state index is 13.4. The van der Waals surface area contributed by atoms with Crippen molar-refractivity contribution in [3.63, 3.8) is 0 Å². The zero-order valence-electron chi connectivity index (χ0n) is 22.6. The molecule has 2 aromatic rings. The number of β-lactam (4-membered cyclic amide) rings is 1. The molecular weight excluding hydrogens is 588 g/mol. The van der Waals surface area contributed by atoms with E-state index in [1.807, 2.05) is 11.8 Å². The number of thiazole rings is 1. The summed E-state index contributed by atoms with van der Waals surface area (Å²) in [6.07, 6.45) is -0.874. The highest BCUT2D eigenvalue weighted by atomic mass is 32.2. The van der Waals surface area contributed by atoms with Gasteiger partial charge in [0.1, 0.15) is 18.0 Å². The number of rotatable bonds is 11. The Morgan fingerprint density at radius 1 is 1.31 bits per heavy atom. The van der Waals surface area contributed by atoms with Crippen LogP contribution in [0.15, 0.2) is 40.2 Å². The number of nitrogens with two attached hydrogens (primary N) is 1. The number of non-ortho nitro benzene ring substituents is 1. The second kappa shape index (κ2) is 11.7. The fraction of sp³-hybridized carbons (Fsp3) is 0.423. The third-order valence-electron chi connectivity index (χ3n) is 7.38. The highest BCUT2D eigenvalue weighted by molar-refractivity contribution is 8.03. The molecule has 16 heteroatoms. The van der Waals surface area contributed by atoms with Crippen LogP contribution in [-0.2, 0) is 25.7 Å². The summed E-state index contributed by atoms with van der Waals surface area (Å²) in [5.41, 5.74) is 5.90. The fourth-order valence-electron chi connectivity index (χ4n) is 5.22. The van der Waals surface area contributed by atoms with Crippen LogP contribution in [0.1, 0.15) is 29.9 Å². The van der Waals surface area contributed by atoms with Crippen LogP contribution >= 0.6 is 23.1 Å². The maximum atomic E-state index is 13.4. The second-order valence-corrected chi connectivity index (χ2v) is 12.5. The SMILES string of the molecule is C[C@@H](O)[C@H]1C(=O)N2C(C(=O)OCc3ccc([N+](=O)[O-])cc3)=C(SC3CN(c4nc(C(=O)NCC(N)=O)cs4)C3)[C@H](C)[C@H]12. The number of aliphatic hydroxyl groups excluding tert-OH is 1. The third kappa shape index (κ3) is 5.56. The molecule has 222 valence electrons. The lowest BCUT2D eigenvalue weighted by Crippen LogP contribution is -2.63. The summed E-state index contributed by atoms with van der Waals surface area (Å²) in [4.78, 5) is 68.3. The van der Waals surface area contributed by atoms with E-state index in [-0.39, 0.29) is 53.3 Å². The Morgan fingerprint density at radius 2 is 2.00 bits per heavy atom. The number of nitro benzene ring substituents is 1. The number of esters is 1. The van der Waals surface area contributed by atoms with E-state index in [4.69, 9.17) is 10.5 Å². The number of benzene rings is 1. The topological polar surface area (TPSA) is 198 Å². The molecule has 0 aliphatic carbocycles. The number of hydrogen-bond donors (Lipinski definition) is 3. The average Bonchev–Trinajstić information content (AvgIpc) is 3.49. The van der Waals surface area contributed by atoms with E-state index in [2.05, 4.69) is 10.3 Å². The van der Waals surface area contributed by atoms with Crippen molar-refractivity contribution in [1.82, 2.24) is 15.2 Å². The molecule has 14 nitrogen and oxygen atoms in total. The maximum Gasteiger partial charge on any atom is 0.356 e. The summed E-state index contributed by atoms with van der Waals surface area (Å²) in [5.74, 6) is -2.99. The molecule has 4 N–H and O–H groups in total. The first-order valence-electron chi connectivity index (χ1n) is 13.1. The molecule has 0 saturated carbocycles. The van der Waals surface area contributed by atoms with Crippen LogP contribution in [0.2, 0.25) is 0 Å². The number of hydrogen-bond acceptors (Lipinski definition) is 12. The van der Waals surface area contributed by atoms with Gasteiger partial charge in [-0.25, -0.2) is 9.78 Å². The molecule has 0 unspecified atom stereocenters. The number of ether oxygens (including phenoxy) is 1. The number of amides is 3. The molecule has 4 heterocycles. The number of carbonyl (C=O) groups excluding carboxylic acids is 4. The number of aromatic nitrogens is 1. The summed E-state index contributed by atoms with van der Waals surface area (Å²) >= 11 is 2.78. The van der Waals surface area contributed by atoms with Crippen LogP contribution < -0.4 is 16.0 Å². The van der Waals surface area contributed by atoms with Crippen molar-refractivity contribution in [3.05, 3.63) is 61.6 Å². The monoisotopic (exact) mass is 616 g/mol. The van der Waals surface area contributed by atoms with Crippen molar-refractivity contribution >= 4 is 57.6 Å². The summed E-state index contributed by atoms with van der Waals surface area (Å²) in [6.45, 7) is 4.24. The van der Waals surface area contributed by atoms with Crippen LogP contribution in [0, 0.1) is 22.0 Å². The highest BCUT2D eigenvalue weighted by Crippen LogP contribution is 2.52. The highest BCUT2D eigenvalue weighted by Gasteiger charge is 2.60. The van der Waals surface area contributed by atoms with Gasteiger partial charge < -0.3 is 30.7 Å². The minimum Gasteiger partial charge on any atom is -0.456 e. The molecule has 0 radical (unpaired) electrons. The lowest BCUT2D eigenvalue weighted by molar-refractivity contribution is -0.384. The van der Waals surface area contributed by atoms with Gasteiger partial charge in [-0.15, -0.1) is 23.1 Å². The molecule has 0 bridgehead atoms. The van der Waals surface area contributed by atoms with E-state index >= 15 is 0 Å². The van der Waals surface area contributed by atoms with E-state index in [1.54, 1.807) is 12.3 Å². The number of thioether (sulfide) groups is 1. The van der Waals surface area contributed by atoms with Gasteiger partial charge >= 0.3 is 5.97 Å². The first-order chi connectivity index (χ1) is 20.0. The van der Waals surface area contributed by atoms with Gasteiger partial charge in [0.15, 0.2) is 5.13 Å². The zero-order chi connectivity index (χ0) is 30.3. The van der Waals surface area contributed by atoms with Crippen LogP contribution in [0.4, 0.5) is 10.8 Å². The van der Waals surface area contributed by atoms with E-state index in [0.717, 1.165) is 0 Å². The van der Waals surface area contributed by atoms with Crippen molar-refractivity contribution in [2.75, 3.05) is 24.5 Å². The standard InChI is InChI=1S/C26H28N6O8S2/c1-12-20-19(13(2)33)24(36)31(20)21(25(37)40-10-14-3-5-15(6-4-14)32(38)39)22(12)42-16-8-30(9-16)26-29-17(11-41-26)23(35)28-7-18(27)34/h3-6,11-13,16,19-20,33H,7-10H2,1-2H3,(H2,27,34)(H,28,35)/t12-,13-,19-,20-/m1/s1. The van der Waals surface area contributed by atoms with Gasteiger partial charge in [0.25, 0.3) is 11.6 Å². The van der Waals surface area contributed by atoms with Crippen molar-refractivity contribution in [2.45, 2.75) is 37.9 Å². The van der Waals surface area contributed by atoms with E-state index < -0.39 is 34.7 Å². The van der Waals surface area contributed by atoms with E-state index in [9.17, 15) is 34.4 Å². The van der Waals surface area contributed by atoms with Crippen LogP contribution in [-0.4, -0.2) is 80.6 Å². The molecule has 0 spiro atoms. The van der Waals surface area contributed by atoms with Gasteiger partial charge in [-0.05, 0) is 24.6 Å². The number of nitro groups is 1. The number of nitrogens with one attached hydrogen (secondary N) is 1. The summed E-state index contributed by atoms with van der Waals surface area (Å²) < 4.78 is 5.55. The molecule has 3 aliphatic heterocycles. The first-order valence-corrected chi connectivity index (χ1v) is 14.8. The third-order valence-corrected chi connectivity index (χ3v) is 9.73. The number of aliphatic hydroxyl groups is 1. The number of primary amides is 1. The minimum absolute atomic E-state index is 0.0646. The molecule has 42 heavy (non-hydrogen) atoms. The van der Waals surface area contributed by atoms with Gasteiger partial charge in [-0.3, -0.25) is 24.5 Å². The Morgan fingerprint density at radius 3 is 2.62 bits per heavy atom. The number of carbonyl (C=O) groups is 4. The van der Waals surface area contributed by atoms with Gasteiger partial charge in [0, 0.05) is 46.7 Å². The van der Waals surface area contributed by atoms with Gasteiger partial charge in [0.05, 0.1) is 29.5 Å². The largest absolute Gasteiger partial charge is 0.456 e. The van der Waals surface area contributed by atoms with Crippen molar-refractivity contribution in [2.24, 2.45) is 17.6 Å². The Kier molecular flexibility index (Phi) is 8.21. The average molecular weight is 617 g/mol. The summed E-state index contributed by atoms with van der Waals surface area (Å²) in [5, 5.41) is 25.8. The molecule has 3 aliphatic rings. The van der Waals surface area contributed by atoms with Crippen molar-refractivity contribution in [1.29, 1.82) is 0 Å². The van der Waals surface area contributed by atoms with Crippen molar-refractivity contribution < 1.29 is 33.9 Å². The number of fused-ring (bicyclic) bond motifs is 1. The summed E-state index contributed by atoms with van der Waals surface area (Å²) in [6, 6.07) is 5.29. The Labute approximate surface area is 248 Å². The number of anilines is 1. The van der Waals surface area contributed by atoms with Crippen molar-refractivity contribution in [3.8, 4) is 0 Å². The Balaban J connectivity index is 1.27. The lowest BCUT2D eigenvalue weighted by atomic mass is 9.79. The first kappa shape index (κ1) is 29.5. The molecule has 3 amide bonds. The minimum atomic E-state index is -0.874. The van der Waals surface area contributed by atoms with E-state index in [0.29, 0.717) is 28.7 Å². The fourth-order valence-corrected chi connectivity index (χ4v) is 7.56. The van der Waals surface area contributed by atoms with Crippen LogP contribution in [0.5, 0.6) is 0 Å². The Hall–Kier alpha value is -4.02. The second-order valence-electron chi connectivity index (χ2n) is 10.3. The lowest BCUT2D eigenvalue weighted by Gasteiger charge is -2.46. The number of nitrogens with zero attached hydrogens (tertiary/aromatic N) is 4. The van der Waals surface area contributed by atoms with Gasteiger partial charge in [0.2, 0.25) is 11.8 Å². The smallest absolute Gasteiger partial charge is 0.356 e. The molecular formula is C26H28N6O8S2. The van der Waals surface area contributed by atoms with E-state index in [1.165, 1.54) is 52.3 Å².